The largest absolute Gasteiger partial charge is 0.371 e. The second kappa shape index (κ2) is 8.31. The Hall–Kier alpha value is -3.13. The Labute approximate surface area is 179 Å². The van der Waals surface area contributed by atoms with E-state index in [1.54, 1.807) is 12.1 Å². The monoisotopic (exact) mass is 422 g/mol. The van der Waals surface area contributed by atoms with Gasteiger partial charge in [-0.05, 0) is 73.9 Å². The summed E-state index contributed by atoms with van der Waals surface area (Å²) in [6, 6.07) is 10.7. The van der Waals surface area contributed by atoms with Crippen molar-refractivity contribution in [2.45, 2.75) is 26.7 Å². The highest BCUT2D eigenvalue weighted by Gasteiger charge is 2.25. The number of carbonyl (C=O) groups excluding carboxylic acids is 1. The van der Waals surface area contributed by atoms with Crippen LogP contribution in [0.2, 0.25) is 0 Å². The third kappa shape index (κ3) is 4.23. The maximum absolute atomic E-state index is 12.5. The summed E-state index contributed by atoms with van der Waals surface area (Å²) in [7, 11) is 0. The van der Waals surface area contributed by atoms with Gasteiger partial charge in [0.05, 0.1) is 15.5 Å². The molecular formula is C22H22N4O3S. The van der Waals surface area contributed by atoms with Crippen LogP contribution in [0.4, 0.5) is 17.1 Å². The summed E-state index contributed by atoms with van der Waals surface area (Å²) in [6.07, 6.45) is 3.91. The minimum absolute atomic E-state index is 0.0113. The SMILES string of the molecule is Cc1ccc(N=C2NC(=O)/C(=C\c3cc([N+](=O)[O-])ccc3N3CCCC3)S2)cc1C. The number of hydrogen-bond acceptors (Lipinski definition) is 6. The summed E-state index contributed by atoms with van der Waals surface area (Å²) < 4.78 is 0. The van der Waals surface area contributed by atoms with Crippen LogP contribution in [0.1, 0.15) is 29.5 Å². The number of amides is 1. The lowest BCUT2D eigenvalue weighted by atomic mass is 10.1. The van der Waals surface area contributed by atoms with E-state index in [1.165, 1.54) is 29.5 Å². The second-order valence-electron chi connectivity index (χ2n) is 7.44. The van der Waals surface area contributed by atoms with Gasteiger partial charge in [-0.2, -0.15) is 0 Å². The van der Waals surface area contributed by atoms with Gasteiger partial charge in [-0.3, -0.25) is 14.9 Å². The normalized spacial score (nSPS) is 19.0. The number of nitrogens with one attached hydrogen (secondary N) is 1. The van der Waals surface area contributed by atoms with Crippen LogP contribution >= 0.6 is 11.8 Å². The molecule has 4 rings (SSSR count). The molecule has 0 atom stereocenters. The number of non-ortho nitro benzene ring substituents is 1. The van der Waals surface area contributed by atoms with Crippen molar-refractivity contribution in [2.75, 3.05) is 18.0 Å². The summed E-state index contributed by atoms with van der Waals surface area (Å²) in [5.74, 6) is -0.249. The minimum atomic E-state index is -0.412. The predicted octanol–water partition coefficient (Wildman–Crippen LogP) is 4.70. The molecule has 2 saturated heterocycles. The number of aliphatic imine (C=N–C) groups is 1. The summed E-state index contributed by atoms with van der Waals surface area (Å²) in [4.78, 5) is 30.6. The third-order valence-electron chi connectivity index (χ3n) is 5.33. The van der Waals surface area contributed by atoms with Gasteiger partial charge in [0.25, 0.3) is 11.6 Å². The molecule has 7 nitrogen and oxygen atoms in total. The molecule has 2 aromatic carbocycles. The molecule has 2 aliphatic heterocycles. The highest BCUT2D eigenvalue weighted by atomic mass is 32.2. The van der Waals surface area contributed by atoms with Crippen molar-refractivity contribution in [1.82, 2.24) is 5.32 Å². The number of aryl methyl sites for hydroxylation is 2. The van der Waals surface area contributed by atoms with E-state index < -0.39 is 4.92 Å². The summed E-state index contributed by atoms with van der Waals surface area (Å²) in [5.41, 5.74) is 4.69. The van der Waals surface area contributed by atoms with Crippen molar-refractivity contribution < 1.29 is 9.72 Å². The molecule has 2 heterocycles. The molecule has 154 valence electrons. The molecule has 0 unspecified atom stereocenters. The number of hydrogen-bond donors (Lipinski definition) is 1. The Morgan fingerprint density at radius 3 is 2.60 bits per heavy atom. The van der Waals surface area contributed by atoms with Crippen molar-refractivity contribution >= 4 is 46.0 Å². The summed E-state index contributed by atoms with van der Waals surface area (Å²) in [5, 5.41) is 14.6. The molecule has 0 aliphatic carbocycles. The average molecular weight is 423 g/mol. The van der Waals surface area contributed by atoms with E-state index in [0.717, 1.165) is 42.9 Å². The molecule has 1 N–H and O–H groups in total. The summed E-state index contributed by atoms with van der Waals surface area (Å²) in [6.45, 7) is 5.88. The van der Waals surface area contributed by atoms with Gasteiger partial charge in [-0.1, -0.05) is 6.07 Å². The van der Waals surface area contributed by atoms with E-state index in [-0.39, 0.29) is 11.6 Å². The number of amidine groups is 1. The Balaban J connectivity index is 1.66. The fraction of sp³-hybridized carbons (Fsp3) is 0.273. The molecule has 8 heteroatoms. The van der Waals surface area contributed by atoms with Crippen LogP contribution in [0, 0.1) is 24.0 Å². The molecule has 0 radical (unpaired) electrons. The lowest BCUT2D eigenvalue weighted by Gasteiger charge is -2.20. The van der Waals surface area contributed by atoms with Gasteiger partial charge >= 0.3 is 0 Å². The van der Waals surface area contributed by atoms with Gasteiger partial charge in [0, 0.05) is 36.5 Å². The van der Waals surface area contributed by atoms with Gasteiger partial charge in [0.2, 0.25) is 0 Å². The maximum Gasteiger partial charge on any atom is 0.270 e. The molecule has 2 fully saturated rings. The first kappa shape index (κ1) is 20.2. The second-order valence-corrected chi connectivity index (χ2v) is 8.48. The molecular weight excluding hydrogens is 400 g/mol. The Kier molecular flexibility index (Phi) is 5.59. The molecule has 2 aliphatic rings. The topological polar surface area (TPSA) is 87.8 Å². The van der Waals surface area contributed by atoms with Crippen LogP contribution in [0.5, 0.6) is 0 Å². The van der Waals surface area contributed by atoms with E-state index in [2.05, 4.69) is 15.2 Å². The van der Waals surface area contributed by atoms with Crippen LogP contribution in [-0.2, 0) is 4.79 Å². The molecule has 1 amide bonds. The Morgan fingerprint density at radius 1 is 1.13 bits per heavy atom. The number of thioether (sulfide) groups is 1. The van der Waals surface area contributed by atoms with Gasteiger partial charge in [-0.25, -0.2) is 4.99 Å². The number of rotatable bonds is 4. The number of nitro benzene ring substituents is 1. The molecule has 30 heavy (non-hydrogen) atoms. The molecule has 2 aromatic rings. The highest BCUT2D eigenvalue weighted by Crippen LogP contribution is 2.34. The smallest absolute Gasteiger partial charge is 0.270 e. The standard InChI is InChI=1S/C22H22N4O3S/c1-14-5-6-17(11-15(14)2)23-22-24-21(27)20(30-22)13-16-12-18(26(28)29)7-8-19(16)25-9-3-4-10-25/h5-8,11-13H,3-4,9-10H2,1-2H3,(H,23,24,27)/b20-13+. The van der Waals surface area contributed by atoms with E-state index in [4.69, 9.17) is 0 Å². The first-order chi connectivity index (χ1) is 14.4. The maximum atomic E-state index is 12.5. The number of carbonyl (C=O) groups is 1. The number of nitro groups is 1. The van der Waals surface area contributed by atoms with Crippen LogP contribution < -0.4 is 10.2 Å². The van der Waals surface area contributed by atoms with Crippen LogP contribution in [-0.4, -0.2) is 29.1 Å². The van der Waals surface area contributed by atoms with Crippen LogP contribution in [0.3, 0.4) is 0 Å². The predicted molar refractivity (Wildman–Crippen MR) is 121 cm³/mol. The number of anilines is 1. The van der Waals surface area contributed by atoms with Crippen LogP contribution in [0.25, 0.3) is 6.08 Å². The number of benzene rings is 2. The summed E-state index contributed by atoms with van der Waals surface area (Å²) >= 11 is 1.25. The zero-order valence-corrected chi connectivity index (χ0v) is 17.7. The van der Waals surface area contributed by atoms with Gasteiger partial charge in [-0.15, -0.1) is 0 Å². The molecule has 0 aromatic heterocycles. The van der Waals surface area contributed by atoms with Crippen molar-refractivity contribution in [3.8, 4) is 0 Å². The molecule has 0 bridgehead atoms. The Morgan fingerprint density at radius 2 is 1.90 bits per heavy atom. The molecule has 0 spiro atoms. The van der Waals surface area contributed by atoms with Gasteiger partial charge in [0.1, 0.15) is 0 Å². The first-order valence-electron chi connectivity index (χ1n) is 9.81. The van der Waals surface area contributed by atoms with Crippen molar-refractivity contribution in [1.29, 1.82) is 0 Å². The average Bonchev–Trinajstić information content (AvgIpc) is 3.35. The fourth-order valence-electron chi connectivity index (χ4n) is 3.55. The highest BCUT2D eigenvalue weighted by molar-refractivity contribution is 8.18. The third-order valence-corrected chi connectivity index (χ3v) is 6.24. The first-order valence-corrected chi connectivity index (χ1v) is 10.6. The lowest BCUT2D eigenvalue weighted by molar-refractivity contribution is -0.384. The van der Waals surface area contributed by atoms with Gasteiger partial charge < -0.3 is 10.2 Å². The van der Waals surface area contributed by atoms with Crippen LogP contribution in [0.15, 0.2) is 46.3 Å². The zero-order chi connectivity index (χ0) is 21.3. The van der Waals surface area contributed by atoms with E-state index in [9.17, 15) is 14.9 Å². The minimum Gasteiger partial charge on any atom is -0.371 e. The Bertz CT molecular complexity index is 1090. The zero-order valence-electron chi connectivity index (χ0n) is 16.8. The van der Waals surface area contributed by atoms with Crippen molar-refractivity contribution in [3.63, 3.8) is 0 Å². The van der Waals surface area contributed by atoms with E-state index in [1.807, 2.05) is 32.0 Å². The quantitative estimate of drug-likeness (QED) is 0.438. The van der Waals surface area contributed by atoms with E-state index in [0.29, 0.717) is 15.6 Å². The van der Waals surface area contributed by atoms with Crippen molar-refractivity contribution in [2.24, 2.45) is 4.99 Å². The molecule has 0 saturated carbocycles. The lowest BCUT2D eigenvalue weighted by Crippen LogP contribution is -2.20. The van der Waals surface area contributed by atoms with E-state index >= 15 is 0 Å². The fourth-order valence-corrected chi connectivity index (χ4v) is 4.38. The number of nitrogens with zero attached hydrogens (tertiary/aromatic N) is 3. The van der Waals surface area contributed by atoms with Crippen molar-refractivity contribution in [3.05, 3.63) is 68.1 Å². The van der Waals surface area contributed by atoms with Gasteiger partial charge in [0.15, 0.2) is 5.17 Å².